The van der Waals surface area contributed by atoms with E-state index in [1.54, 1.807) is 7.11 Å². The van der Waals surface area contributed by atoms with Gasteiger partial charge < -0.3 is 15.8 Å². The lowest BCUT2D eigenvalue weighted by Gasteiger charge is -2.32. The SMILES string of the molecule is COCCNC1(C(N)=O)CCCC(C(C)(C)C)CC1. The van der Waals surface area contributed by atoms with Crippen molar-refractivity contribution in [3.8, 4) is 0 Å². The third kappa shape index (κ3) is 4.46. The van der Waals surface area contributed by atoms with E-state index in [9.17, 15) is 4.79 Å². The second-order valence-corrected chi connectivity index (χ2v) is 6.86. The summed E-state index contributed by atoms with van der Waals surface area (Å²) >= 11 is 0. The topological polar surface area (TPSA) is 64.3 Å². The fourth-order valence-electron chi connectivity index (χ4n) is 3.11. The van der Waals surface area contributed by atoms with Crippen molar-refractivity contribution < 1.29 is 9.53 Å². The van der Waals surface area contributed by atoms with Gasteiger partial charge in [0.15, 0.2) is 0 Å². The molecule has 4 nitrogen and oxygen atoms in total. The van der Waals surface area contributed by atoms with E-state index in [4.69, 9.17) is 10.5 Å². The zero-order chi connectivity index (χ0) is 14.5. The van der Waals surface area contributed by atoms with Gasteiger partial charge in [-0.1, -0.05) is 27.2 Å². The summed E-state index contributed by atoms with van der Waals surface area (Å²) in [5, 5.41) is 3.35. The van der Waals surface area contributed by atoms with Crippen LogP contribution in [0, 0.1) is 11.3 Å². The maximum absolute atomic E-state index is 11.9. The number of hydrogen-bond acceptors (Lipinski definition) is 3. The van der Waals surface area contributed by atoms with Crippen LogP contribution >= 0.6 is 0 Å². The van der Waals surface area contributed by atoms with Crippen LogP contribution in [0.15, 0.2) is 0 Å². The van der Waals surface area contributed by atoms with Crippen LogP contribution in [-0.4, -0.2) is 31.7 Å². The Kier molecular flexibility index (Phi) is 5.81. The van der Waals surface area contributed by atoms with Crippen molar-refractivity contribution in [2.45, 2.75) is 58.4 Å². The van der Waals surface area contributed by atoms with Gasteiger partial charge in [-0.05, 0) is 37.0 Å². The Bertz CT molecular complexity index is 299. The number of hydrogen-bond donors (Lipinski definition) is 2. The molecule has 2 atom stereocenters. The molecule has 1 aliphatic rings. The van der Waals surface area contributed by atoms with Crippen LogP contribution < -0.4 is 11.1 Å². The fraction of sp³-hybridized carbons (Fsp3) is 0.933. The molecule has 4 heteroatoms. The van der Waals surface area contributed by atoms with E-state index in [2.05, 4.69) is 26.1 Å². The molecule has 3 N–H and O–H groups in total. The molecular weight excluding hydrogens is 240 g/mol. The van der Waals surface area contributed by atoms with Gasteiger partial charge in [0.05, 0.1) is 12.1 Å². The smallest absolute Gasteiger partial charge is 0.237 e. The number of nitrogens with one attached hydrogen (secondary N) is 1. The molecule has 0 heterocycles. The second kappa shape index (κ2) is 6.71. The zero-order valence-corrected chi connectivity index (χ0v) is 12.9. The molecule has 0 spiro atoms. The molecule has 19 heavy (non-hydrogen) atoms. The third-order valence-corrected chi connectivity index (χ3v) is 4.54. The van der Waals surface area contributed by atoms with Gasteiger partial charge in [-0.25, -0.2) is 0 Å². The molecule has 1 saturated carbocycles. The summed E-state index contributed by atoms with van der Waals surface area (Å²) in [5.41, 5.74) is 5.44. The predicted octanol–water partition coefficient (Wildman–Crippen LogP) is 2.07. The number of methoxy groups -OCH3 is 1. The highest BCUT2D eigenvalue weighted by Crippen LogP contribution is 2.39. The minimum absolute atomic E-state index is 0.210. The largest absolute Gasteiger partial charge is 0.383 e. The predicted molar refractivity (Wildman–Crippen MR) is 77.8 cm³/mol. The molecule has 1 aliphatic carbocycles. The van der Waals surface area contributed by atoms with Gasteiger partial charge in [0.2, 0.25) is 5.91 Å². The van der Waals surface area contributed by atoms with Crippen LogP contribution in [0.5, 0.6) is 0 Å². The lowest BCUT2D eigenvalue weighted by molar-refractivity contribution is -0.125. The number of primary amides is 1. The number of nitrogens with two attached hydrogens (primary N) is 1. The summed E-state index contributed by atoms with van der Waals surface area (Å²) in [6.07, 6.45) is 4.99. The standard InChI is InChI=1S/C15H30N2O2/c1-14(2,3)12-6-5-8-15(9-7-12,13(16)18)17-10-11-19-4/h12,17H,5-11H2,1-4H3,(H2,16,18). The molecule has 0 aromatic rings. The van der Waals surface area contributed by atoms with Gasteiger partial charge in [-0.3, -0.25) is 4.79 Å². The highest BCUT2D eigenvalue weighted by molar-refractivity contribution is 5.84. The Hall–Kier alpha value is -0.610. The van der Waals surface area contributed by atoms with E-state index in [1.165, 1.54) is 6.42 Å². The number of carbonyl (C=O) groups excluding carboxylic acids is 1. The fourth-order valence-corrected chi connectivity index (χ4v) is 3.11. The van der Waals surface area contributed by atoms with Crippen molar-refractivity contribution in [1.29, 1.82) is 0 Å². The van der Waals surface area contributed by atoms with Crippen molar-refractivity contribution in [1.82, 2.24) is 5.32 Å². The van der Waals surface area contributed by atoms with E-state index in [0.717, 1.165) is 25.7 Å². The van der Waals surface area contributed by atoms with E-state index < -0.39 is 5.54 Å². The molecule has 0 aliphatic heterocycles. The van der Waals surface area contributed by atoms with Gasteiger partial charge >= 0.3 is 0 Å². The van der Waals surface area contributed by atoms with E-state index in [0.29, 0.717) is 24.5 Å². The van der Waals surface area contributed by atoms with E-state index in [1.807, 2.05) is 0 Å². The van der Waals surface area contributed by atoms with Crippen molar-refractivity contribution >= 4 is 5.91 Å². The highest BCUT2D eigenvalue weighted by Gasteiger charge is 2.39. The van der Waals surface area contributed by atoms with E-state index >= 15 is 0 Å². The molecular formula is C15H30N2O2. The van der Waals surface area contributed by atoms with Crippen LogP contribution in [0.3, 0.4) is 0 Å². The molecule has 1 rings (SSSR count). The van der Waals surface area contributed by atoms with Crippen LogP contribution in [-0.2, 0) is 9.53 Å². The Morgan fingerprint density at radius 3 is 2.58 bits per heavy atom. The Morgan fingerprint density at radius 1 is 1.37 bits per heavy atom. The van der Waals surface area contributed by atoms with E-state index in [-0.39, 0.29) is 5.91 Å². The Morgan fingerprint density at radius 2 is 2.05 bits per heavy atom. The molecule has 0 radical (unpaired) electrons. The summed E-state index contributed by atoms with van der Waals surface area (Å²) in [4.78, 5) is 11.9. The van der Waals surface area contributed by atoms with Crippen molar-refractivity contribution in [3.05, 3.63) is 0 Å². The minimum atomic E-state index is -0.529. The van der Waals surface area contributed by atoms with Crippen LogP contribution in [0.2, 0.25) is 0 Å². The van der Waals surface area contributed by atoms with Gasteiger partial charge in [0, 0.05) is 13.7 Å². The van der Waals surface area contributed by atoms with Crippen molar-refractivity contribution in [2.24, 2.45) is 17.1 Å². The summed E-state index contributed by atoms with van der Waals surface area (Å²) < 4.78 is 5.05. The molecule has 1 fully saturated rings. The van der Waals surface area contributed by atoms with Crippen molar-refractivity contribution in [2.75, 3.05) is 20.3 Å². The average Bonchev–Trinajstić information content (AvgIpc) is 2.52. The third-order valence-electron chi connectivity index (χ3n) is 4.54. The number of ether oxygens (including phenoxy) is 1. The first kappa shape index (κ1) is 16.4. The lowest BCUT2D eigenvalue weighted by Crippen LogP contribution is -2.56. The second-order valence-electron chi connectivity index (χ2n) is 6.86. The van der Waals surface area contributed by atoms with Crippen LogP contribution in [0.25, 0.3) is 0 Å². The van der Waals surface area contributed by atoms with Crippen LogP contribution in [0.1, 0.15) is 52.9 Å². The molecule has 0 aromatic heterocycles. The van der Waals surface area contributed by atoms with Gasteiger partial charge in [0.25, 0.3) is 0 Å². The summed E-state index contributed by atoms with van der Waals surface area (Å²) in [6, 6.07) is 0. The average molecular weight is 270 g/mol. The quantitative estimate of drug-likeness (QED) is 0.594. The lowest BCUT2D eigenvalue weighted by atomic mass is 9.76. The molecule has 0 aromatic carbocycles. The van der Waals surface area contributed by atoms with Crippen molar-refractivity contribution in [3.63, 3.8) is 0 Å². The van der Waals surface area contributed by atoms with Gasteiger partial charge in [-0.15, -0.1) is 0 Å². The summed E-state index contributed by atoms with van der Waals surface area (Å²) in [6.45, 7) is 8.14. The first-order chi connectivity index (χ1) is 8.82. The Balaban J connectivity index is 2.70. The molecule has 112 valence electrons. The van der Waals surface area contributed by atoms with Gasteiger partial charge in [-0.2, -0.15) is 0 Å². The molecule has 0 saturated heterocycles. The minimum Gasteiger partial charge on any atom is -0.383 e. The first-order valence-corrected chi connectivity index (χ1v) is 7.36. The zero-order valence-electron chi connectivity index (χ0n) is 12.9. The van der Waals surface area contributed by atoms with Crippen LogP contribution in [0.4, 0.5) is 0 Å². The molecule has 2 unspecified atom stereocenters. The number of rotatable bonds is 5. The number of carbonyl (C=O) groups is 1. The van der Waals surface area contributed by atoms with Gasteiger partial charge in [0.1, 0.15) is 0 Å². The summed E-state index contributed by atoms with van der Waals surface area (Å²) in [5.74, 6) is 0.455. The Labute approximate surface area is 117 Å². The highest BCUT2D eigenvalue weighted by atomic mass is 16.5. The molecule has 1 amide bonds. The summed E-state index contributed by atoms with van der Waals surface area (Å²) in [7, 11) is 1.67. The molecule has 0 bridgehead atoms. The maximum Gasteiger partial charge on any atom is 0.237 e. The number of amides is 1. The monoisotopic (exact) mass is 270 g/mol. The maximum atomic E-state index is 11.9. The first-order valence-electron chi connectivity index (χ1n) is 7.36. The normalized spacial score (nSPS) is 28.9.